The van der Waals surface area contributed by atoms with Crippen molar-refractivity contribution in [3.05, 3.63) is 107 Å². The number of anilines is 1. The molecule has 8 heteroatoms. The molecule has 1 aliphatic heterocycles. The fourth-order valence-corrected chi connectivity index (χ4v) is 7.09. The van der Waals surface area contributed by atoms with Gasteiger partial charge >= 0.3 is 5.97 Å². The van der Waals surface area contributed by atoms with Crippen LogP contribution in [0, 0.1) is 5.82 Å². The maximum Gasteiger partial charge on any atom is 0.335 e. The second kappa shape index (κ2) is 12.6. The van der Waals surface area contributed by atoms with E-state index in [1.54, 1.807) is 29.2 Å². The Balaban J connectivity index is 1.21. The molecule has 5 aromatic rings. The number of carboxylic acid groups (broad SMARTS) is 1. The molecule has 1 amide bonds. The van der Waals surface area contributed by atoms with E-state index >= 15 is 4.39 Å². The number of rotatable bonds is 8. The molecule has 1 aromatic heterocycles. The Bertz CT molecular complexity index is 1950. The van der Waals surface area contributed by atoms with Gasteiger partial charge in [0.2, 0.25) is 5.91 Å². The summed E-state index contributed by atoms with van der Waals surface area (Å²) in [7, 11) is 0. The van der Waals surface area contributed by atoms with Crippen LogP contribution in [0.15, 0.2) is 84.9 Å². The lowest BCUT2D eigenvalue weighted by atomic mass is 9.94. The molecule has 234 valence electrons. The van der Waals surface area contributed by atoms with Crippen LogP contribution in [0.5, 0.6) is 5.75 Å². The number of amides is 1. The summed E-state index contributed by atoms with van der Waals surface area (Å²) in [5, 5.41) is 11.0. The molecule has 1 aliphatic carbocycles. The van der Waals surface area contributed by atoms with Gasteiger partial charge in [-0.1, -0.05) is 49.1 Å². The molecule has 6 nitrogen and oxygen atoms in total. The molecule has 1 saturated carbocycles. The van der Waals surface area contributed by atoms with Gasteiger partial charge in [-0.15, -0.1) is 0 Å². The van der Waals surface area contributed by atoms with Gasteiger partial charge in [-0.2, -0.15) is 0 Å². The van der Waals surface area contributed by atoms with Crippen molar-refractivity contribution in [3.63, 3.8) is 0 Å². The number of benzene rings is 4. The number of aromatic carboxylic acids is 1. The van der Waals surface area contributed by atoms with E-state index in [9.17, 15) is 14.7 Å². The number of carbonyl (C=O) groups excluding carboxylic acids is 1. The minimum Gasteiger partial charge on any atom is -0.489 e. The fraction of sp³-hybridized carbons (Fsp3) is 0.263. The molecule has 7 rings (SSSR count). The van der Waals surface area contributed by atoms with Crippen molar-refractivity contribution in [2.45, 2.75) is 57.6 Å². The van der Waals surface area contributed by atoms with Crippen LogP contribution in [0.3, 0.4) is 0 Å². The average molecular weight is 637 g/mol. The monoisotopic (exact) mass is 636 g/mol. The lowest BCUT2D eigenvalue weighted by Crippen LogP contribution is -2.23. The maximum absolute atomic E-state index is 16.0. The first kappa shape index (κ1) is 30.1. The first-order chi connectivity index (χ1) is 22.4. The topological polar surface area (TPSA) is 71.8 Å². The second-order valence-electron chi connectivity index (χ2n) is 12.2. The smallest absolute Gasteiger partial charge is 0.335 e. The molecule has 0 unspecified atom stereocenters. The molecule has 2 aliphatic rings. The van der Waals surface area contributed by atoms with Crippen molar-refractivity contribution in [1.29, 1.82) is 0 Å². The van der Waals surface area contributed by atoms with Gasteiger partial charge in [0, 0.05) is 52.3 Å². The van der Waals surface area contributed by atoms with E-state index in [1.165, 1.54) is 12.5 Å². The van der Waals surface area contributed by atoms with Crippen LogP contribution in [0.4, 0.5) is 10.1 Å². The van der Waals surface area contributed by atoms with Gasteiger partial charge in [-0.3, -0.25) is 4.79 Å². The van der Waals surface area contributed by atoms with Crippen LogP contribution in [-0.4, -0.2) is 28.1 Å². The van der Waals surface area contributed by atoms with Crippen molar-refractivity contribution < 1.29 is 23.8 Å². The van der Waals surface area contributed by atoms with Crippen LogP contribution in [-0.2, 0) is 11.4 Å². The van der Waals surface area contributed by atoms with Crippen LogP contribution in [0.1, 0.15) is 66.9 Å². The molecule has 1 saturated heterocycles. The first-order valence-electron chi connectivity index (χ1n) is 15.9. The number of fused-ring (bicyclic) bond motifs is 1. The largest absolute Gasteiger partial charge is 0.489 e. The Hall–Kier alpha value is -4.62. The Morgan fingerprint density at radius 3 is 2.39 bits per heavy atom. The summed E-state index contributed by atoms with van der Waals surface area (Å²) in [4.78, 5) is 26.0. The van der Waals surface area contributed by atoms with Crippen molar-refractivity contribution in [2.24, 2.45) is 0 Å². The Morgan fingerprint density at radius 2 is 1.67 bits per heavy atom. The van der Waals surface area contributed by atoms with Gasteiger partial charge in [0.15, 0.2) is 0 Å². The minimum atomic E-state index is -0.988. The Labute approximate surface area is 272 Å². The number of nitrogens with zero attached hydrogens (tertiary/aromatic N) is 2. The molecular formula is C38H34ClFN2O4. The van der Waals surface area contributed by atoms with Gasteiger partial charge in [-0.25, -0.2) is 9.18 Å². The first-order valence-corrected chi connectivity index (χ1v) is 16.2. The Morgan fingerprint density at radius 1 is 0.891 bits per heavy atom. The average Bonchev–Trinajstić information content (AvgIpc) is 3.67. The number of aromatic nitrogens is 1. The van der Waals surface area contributed by atoms with Crippen LogP contribution < -0.4 is 9.64 Å². The maximum atomic E-state index is 16.0. The van der Waals surface area contributed by atoms with E-state index < -0.39 is 11.8 Å². The number of carbonyl (C=O) groups is 2. The Kier molecular flexibility index (Phi) is 8.26. The van der Waals surface area contributed by atoms with Crippen molar-refractivity contribution >= 4 is 40.1 Å². The number of hydrogen-bond acceptors (Lipinski definition) is 3. The highest BCUT2D eigenvalue weighted by Gasteiger charge is 2.25. The zero-order chi connectivity index (χ0) is 31.8. The third-order valence-corrected chi connectivity index (χ3v) is 9.52. The minimum absolute atomic E-state index is 0.105. The standard InChI is InChI=1S/C38H34ClFN2O4/c39-28-11-8-24(9-12-28)32-15-13-30(41-18-4-7-37(41)43)20-27(32)23-46-31-14-16-33(34(40)22-31)36-21-26-19-25(38(44)45)10-17-35(26)42(36)29-5-2-1-3-6-29/h8-17,19-22,29H,1-7,18,23H2,(H,44,45). The van der Waals surface area contributed by atoms with Crippen molar-refractivity contribution in [1.82, 2.24) is 4.57 Å². The van der Waals surface area contributed by atoms with Crippen molar-refractivity contribution in [2.75, 3.05) is 11.4 Å². The van der Waals surface area contributed by atoms with E-state index in [4.69, 9.17) is 16.3 Å². The molecule has 0 bridgehead atoms. The summed E-state index contributed by atoms with van der Waals surface area (Å²) in [5.41, 5.74) is 5.91. The molecule has 2 heterocycles. The lowest BCUT2D eigenvalue weighted by Gasteiger charge is -2.27. The molecule has 2 fully saturated rings. The van der Waals surface area contributed by atoms with Crippen LogP contribution in [0.25, 0.3) is 33.3 Å². The highest BCUT2D eigenvalue weighted by atomic mass is 35.5. The summed E-state index contributed by atoms with van der Waals surface area (Å²) < 4.78 is 24.4. The van der Waals surface area contributed by atoms with Gasteiger partial charge in [0.1, 0.15) is 18.2 Å². The number of hydrogen-bond donors (Lipinski definition) is 1. The van der Waals surface area contributed by atoms with Gasteiger partial charge < -0.3 is 19.3 Å². The summed E-state index contributed by atoms with van der Waals surface area (Å²) in [6.45, 7) is 0.855. The lowest BCUT2D eigenvalue weighted by molar-refractivity contribution is -0.117. The SMILES string of the molecule is O=C(O)c1ccc2c(c1)cc(-c1ccc(OCc3cc(N4CCCC4=O)ccc3-c3ccc(Cl)cc3)cc1F)n2C1CCCCC1. The third-order valence-electron chi connectivity index (χ3n) is 9.27. The zero-order valence-electron chi connectivity index (χ0n) is 25.3. The number of ether oxygens (including phenoxy) is 1. The quantitative estimate of drug-likeness (QED) is 0.184. The third kappa shape index (κ3) is 5.87. The van der Waals surface area contributed by atoms with Gasteiger partial charge in [0.25, 0.3) is 0 Å². The highest BCUT2D eigenvalue weighted by molar-refractivity contribution is 6.30. The van der Waals surface area contributed by atoms with Crippen LogP contribution in [0.2, 0.25) is 5.02 Å². The van der Waals surface area contributed by atoms with Gasteiger partial charge in [0.05, 0.1) is 11.3 Å². The summed E-state index contributed by atoms with van der Waals surface area (Å²) in [5.74, 6) is -0.906. The van der Waals surface area contributed by atoms with E-state index in [0.717, 1.165) is 71.1 Å². The predicted octanol–water partition coefficient (Wildman–Crippen LogP) is 9.68. The second-order valence-corrected chi connectivity index (χ2v) is 12.6. The normalized spacial score (nSPS) is 15.5. The summed E-state index contributed by atoms with van der Waals surface area (Å²) >= 11 is 6.15. The molecule has 0 radical (unpaired) electrons. The summed E-state index contributed by atoms with van der Waals surface area (Å²) in [6, 6.07) is 25.7. The predicted molar refractivity (Wildman–Crippen MR) is 179 cm³/mol. The number of carboxylic acids is 1. The van der Waals surface area contributed by atoms with E-state index in [-0.39, 0.29) is 24.1 Å². The molecule has 4 aromatic carbocycles. The van der Waals surface area contributed by atoms with Gasteiger partial charge in [-0.05, 0) is 96.6 Å². The molecule has 46 heavy (non-hydrogen) atoms. The molecule has 0 atom stereocenters. The molecular weight excluding hydrogens is 603 g/mol. The zero-order valence-corrected chi connectivity index (χ0v) is 26.1. The van der Waals surface area contributed by atoms with E-state index in [2.05, 4.69) is 4.57 Å². The molecule has 1 N–H and O–H groups in total. The number of halogens is 2. The highest BCUT2D eigenvalue weighted by Crippen LogP contribution is 2.40. The van der Waals surface area contributed by atoms with Crippen molar-refractivity contribution in [3.8, 4) is 28.1 Å². The van der Waals surface area contributed by atoms with Crippen LogP contribution >= 0.6 is 11.6 Å². The summed E-state index contributed by atoms with van der Waals surface area (Å²) in [6.07, 6.45) is 6.77. The van der Waals surface area contributed by atoms with E-state index in [0.29, 0.717) is 29.3 Å². The molecule has 0 spiro atoms. The fourth-order valence-electron chi connectivity index (χ4n) is 6.96. The van der Waals surface area contributed by atoms with E-state index in [1.807, 2.05) is 54.6 Å².